The highest BCUT2D eigenvalue weighted by Crippen LogP contribution is 2.43. The second kappa shape index (κ2) is 14.1. The Morgan fingerprint density at radius 1 is 0.471 bits per heavy atom. The number of hydrogen-bond acceptors (Lipinski definition) is 3. The predicted molar refractivity (Wildman–Crippen MR) is 215 cm³/mol. The maximum absolute atomic E-state index is 6.73. The molecule has 8 rings (SSSR count). The van der Waals surface area contributed by atoms with Crippen molar-refractivity contribution in [3.63, 3.8) is 0 Å². The van der Waals surface area contributed by atoms with Gasteiger partial charge < -0.3 is 15.4 Å². The lowest BCUT2D eigenvalue weighted by Crippen LogP contribution is -2.11. The quantitative estimate of drug-likeness (QED) is 0.157. The van der Waals surface area contributed by atoms with Crippen LogP contribution in [0.4, 0.5) is 22.7 Å². The maximum Gasteiger partial charge on any atom is 0.143 e. The van der Waals surface area contributed by atoms with Gasteiger partial charge in [0.1, 0.15) is 11.9 Å². The van der Waals surface area contributed by atoms with Crippen LogP contribution in [-0.2, 0) is 0 Å². The monoisotopic (exact) mass is 658 g/mol. The summed E-state index contributed by atoms with van der Waals surface area (Å²) in [4.78, 5) is 2.34. The first kappa shape index (κ1) is 31.7. The van der Waals surface area contributed by atoms with Crippen molar-refractivity contribution in [3.8, 4) is 39.1 Å². The molecular weight excluding hydrogens is 621 g/mol. The molecule has 1 atom stereocenters. The Morgan fingerprint density at radius 2 is 1.00 bits per heavy atom. The number of nitrogens with two attached hydrogens (primary N) is 1. The summed E-state index contributed by atoms with van der Waals surface area (Å²) in [7, 11) is 0. The van der Waals surface area contributed by atoms with Gasteiger partial charge in [0.2, 0.25) is 0 Å². The molecule has 0 saturated heterocycles. The van der Waals surface area contributed by atoms with Crippen molar-refractivity contribution >= 4 is 33.5 Å². The average molecular weight is 659 g/mol. The smallest absolute Gasteiger partial charge is 0.143 e. The van der Waals surface area contributed by atoms with E-state index in [2.05, 4.69) is 182 Å². The van der Waals surface area contributed by atoms with E-state index < -0.39 is 0 Å². The third-order valence-corrected chi connectivity index (χ3v) is 9.51. The third kappa shape index (κ3) is 6.46. The molecule has 246 valence electrons. The molecular formula is C48H38N2O. The fourth-order valence-corrected chi connectivity index (χ4v) is 6.90. The molecule has 1 unspecified atom stereocenters. The van der Waals surface area contributed by atoms with Crippen LogP contribution in [0.25, 0.3) is 44.2 Å². The molecule has 0 amide bonds. The van der Waals surface area contributed by atoms with Gasteiger partial charge in [-0.15, -0.1) is 0 Å². The minimum atomic E-state index is -0.117. The van der Waals surface area contributed by atoms with Gasteiger partial charge in [-0.1, -0.05) is 152 Å². The first-order valence-electron chi connectivity index (χ1n) is 17.4. The molecule has 0 aliphatic heterocycles. The molecule has 0 spiro atoms. The summed E-state index contributed by atoms with van der Waals surface area (Å²) in [6.07, 6.45) is -0.117. The zero-order valence-corrected chi connectivity index (χ0v) is 28.5. The standard InChI is InChI=1S/C48H38N2O/c1-34(35-15-5-2-6-16-35)51-47-32-28-39-33-38(27-31-45(39)48(47)49)44-23-13-14-24-46(44)50(40-19-9-4-10-20-40)41-29-25-37(26-30-41)43-22-12-11-21-42(43)36-17-7-3-8-18-36/h2-34H,49H2,1H3. The topological polar surface area (TPSA) is 38.5 Å². The van der Waals surface area contributed by atoms with Gasteiger partial charge in [0.05, 0.1) is 11.4 Å². The normalized spacial score (nSPS) is 11.6. The number of hydrogen-bond donors (Lipinski definition) is 1. The highest BCUT2D eigenvalue weighted by molar-refractivity contribution is 5.99. The number of fused-ring (bicyclic) bond motifs is 1. The molecule has 0 radical (unpaired) electrons. The van der Waals surface area contributed by atoms with Gasteiger partial charge >= 0.3 is 0 Å². The van der Waals surface area contributed by atoms with E-state index in [1.165, 1.54) is 22.3 Å². The number of nitrogens with zero attached hydrogens (tertiary/aromatic N) is 1. The second-order valence-corrected chi connectivity index (χ2v) is 12.7. The van der Waals surface area contributed by atoms with Gasteiger partial charge in [0.25, 0.3) is 0 Å². The van der Waals surface area contributed by atoms with Crippen molar-refractivity contribution in [1.82, 2.24) is 0 Å². The van der Waals surface area contributed by atoms with E-state index in [-0.39, 0.29) is 6.10 Å². The van der Waals surface area contributed by atoms with E-state index in [1.807, 2.05) is 24.3 Å². The van der Waals surface area contributed by atoms with Gasteiger partial charge in [-0.2, -0.15) is 0 Å². The van der Waals surface area contributed by atoms with Crippen LogP contribution < -0.4 is 15.4 Å². The molecule has 3 heteroatoms. The van der Waals surface area contributed by atoms with Crippen LogP contribution in [0.5, 0.6) is 5.75 Å². The van der Waals surface area contributed by atoms with Crippen molar-refractivity contribution in [2.75, 3.05) is 10.6 Å². The highest BCUT2D eigenvalue weighted by Gasteiger charge is 2.18. The summed E-state index contributed by atoms with van der Waals surface area (Å²) >= 11 is 0. The van der Waals surface area contributed by atoms with Gasteiger partial charge in [0, 0.05) is 22.3 Å². The molecule has 0 saturated carbocycles. The summed E-state index contributed by atoms with van der Waals surface area (Å²) in [5.74, 6) is 0.692. The lowest BCUT2D eigenvalue weighted by atomic mass is 9.94. The van der Waals surface area contributed by atoms with Crippen LogP contribution in [0, 0.1) is 0 Å². The van der Waals surface area contributed by atoms with E-state index >= 15 is 0 Å². The Balaban J connectivity index is 1.16. The van der Waals surface area contributed by atoms with Crippen LogP contribution in [0.3, 0.4) is 0 Å². The zero-order valence-electron chi connectivity index (χ0n) is 28.5. The van der Waals surface area contributed by atoms with E-state index in [0.717, 1.165) is 44.5 Å². The number of ether oxygens (including phenoxy) is 1. The van der Waals surface area contributed by atoms with E-state index in [9.17, 15) is 0 Å². The second-order valence-electron chi connectivity index (χ2n) is 12.7. The van der Waals surface area contributed by atoms with Crippen LogP contribution in [-0.4, -0.2) is 0 Å². The Labute approximate surface area is 299 Å². The summed E-state index contributed by atoms with van der Waals surface area (Å²) in [6.45, 7) is 2.05. The molecule has 0 heterocycles. The molecule has 0 aliphatic rings. The van der Waals surface area contributed by atoms with Crippen LogP contribution in [0.1, 0.15) is 18.6 Å². The van der Waals surface area contributed by atoms with E-state index in [0.29, 0.717) is 11.4 Å². The van der Waals surface area contributed by atoms with E-state index in [4.69, 9.17) is 10.5 Å². The first-order chi connectivity index (χ1) is 25.1. The largest absolute Gasteiger partial charge is 0.484 e. The highest BCUT2D eigenvalue weighted by atomic mass is 16.5. The fourth-order valence-electron chi connectivity index (χ4n) is 6.90. The number of benzene rings is 8. The number of para-hydroxylation sites is 2. The minimum Gasteiger partial charge on any atom is -0.484 e. The van der Waals surface area contributed by atoms with Crippen molar-refractivity contribution < 1.29 is 4.74 Å². The van der Waals surface area contributed by atoms with Gasteiger partial charge in [0.15, 0.2) is 0 Å². The molecule has 51 heavy (non-hydrogen) atoms. The average Bonchev–Trinajstić information content (AvgIpc) is 3.20. The minimum absolute atomic E-state index is 0.117. The summed E-state index contributed by atoms with van der Waals surface area (Å²) in [5.41, 5.74) is 18.8. The molecule has 0 aliphatic carbocycles. The zero-order chi connectivity index (χ0) is 34.6. The van der Waals surface area contributed by atoms with Crippen molar-refractivity contribution in [3.05, 3.63) is 200 Å². The van der Waals surface area contributed by atoms with Gasteiger partial charge in [-0.05, 0) is 88.2 Å². The SMILES string of the molecule is CC(Oc1ccc2cc(-c3ccccc3N(c3ccccc3)c3ccc(-c4ccccc4-c4ccccc4)cc3)ccc2c1N)c1ccccc1. The van der Waals surface area contributed by atoms with Crippen LogP contribution >= 0.6 is 0 Å². The summed E-state index contributed by atoms with van der Waals surface area (Å²) < 4.78 is 6.34. The van der Waals surface area contributed by atoms with Crippen LogP contribution in [0.15, 0.2) is 194 Å². The maximum atomic E-state index is 6.73. The summed E-state index contributed by atoms with van der Waals surface area (Å²) in [5, 5.41) is 2.03. The fraction of sp³-hybridized carbons (Fsp3) is 0.0417. The van der Waals surface area contributed by atoms with Crippen molar-refractivity contribution in [2.45, 2.75) is 13.0 Å². The number of anilines is 4. The van der Waals surface area contributed by atoms with Crippen molar-refractivity contribution in [1.29, 1.82) is 0 Å². The van der Waals surface area contributed by atoms with Gasteiger partial charge in [-0.25, -0.2) is 0 Å². The number of rotatable bonds is 9. The van der Waals surface area contributed by atoms with E-state index in [1.54, 1.807) is 0 Å². The molecule has 0 bridgehead atoms. The Bertz CT molecular complexity index is 2410. The van der Waals surface area contributed by atoms with Crippen LogP contribution in [0.2, 0.25) is 0 Å². The van der Waals surface area contributed by atoms with Crippen molar-refractivity contribution in [2.24, 2.45) is 0 Å². The van der Waals surface area contributed by atoms with Gasteiger partial charge in [-0.3, -0.25) is 0 Å². The molecule has 0 fully saturated rings. The number of nitrogen functional groups attached to an aromatic ring is 1. The Kier molecular flexibility index (Phi) is 8.76. The Morgan fingerprint density at radius 3 is 1.69 bits per heavy atom. The molecule has 2 N–H and O–H groups in total. The Hall–Kier alpha value is -6.58. The predicted octanol–water partition coefficient (Wildman–Crippen LogP) is 13.0. The molecule has 3 nitrogen and oxygen atoms in total. The summed E-state index contributed by atoms with van der Waals surface area (Å²) in [6, 6.07) is 68.1. The molecule has 8 aromatic carbocycles. The third-order valence-electron chi connectivity index (χ3n) is 9.51. The first-order valence-corrected chi connectivity index (χ1v) is 17.4. The lowest BCUT2D eigenvalue weighted by molar-refractivity contribution is 0.228. The molecule has 8 aromatic rings. The lowest BCUT2D eigenvalue weighted by Gasteiger charge is -2.28. The molecule has 0 aromatic heterocycles.